The van der Waals surface area contributed by atoms with Crippen LogP contribution in [0.4, 0.5) is 0 Å². The molecule has 1 amide bonds. The van der Waals surface area contributed by atoms with Crippen LogP contribution in [0.25, 0.3) is 17.2 Å². The first-order chi connectivity index (χ1) is 12.5. The number of furan rings is 1. The Morgan fingerprint density at radius 3 is 2.88 bits per heavy atom. The van der Waals surface area contributed by atoms with Crippen LogP contribution in [0, 0.1) is 0 Å². The third-order valence-electron chi connectivity index (χ3n) is 3.68. The zero-order valence-corrected chi connectivity index (χ0v) is 14.1. The van der Waals surface area contributed by atoms with E-state index in [1.165, 1.54) is 35.8 Å². The number of nitrogens with zero attached hydrogens (tertiary/aromatic N) is 5. The van der Waals surface area contributed by atoms with E-state index in [9.17, 15) is 14.4 Å². The Morgan fingerprint density at radius 2 is 2.15 bits per heavy atom. The van der Waals surface area contributed by atoms with Gasteiger partial charge in [0.05, 0.1) is 12.6 Å². The zero-order valence-electron chi connectivity index (χ0n) is 14.1. The number of nitrogens with one attached hydrogen (secondary N) is 1. The second-order valence-corrected chi connectivity index (χ2v) is 5.44. The molecule has 0 spiro atoms. The number of imidazole rings is 1. The first-order valence-electron chi connectivity index (χ1n) is 7.62. The molecule has 0 saturated carbocycles. The molecule has 0 aliphatic rings. The molecular formula is C16H16N6O4. The van der Waals surface area contributed by atoms with Crippen molar-refractivity contribution < 1.29 is 9.21 Å². The van der Waals surface area contributed by atoms with Crippen LogP contribution in [0.2, 0.25) is 0 Å². The summed E-state index contributed by atoms with van der Waals surface area (Å²) in [5.41, 5.74) is 1.74. The topological polar surface area (TPSA) is 116 Å². The predicted molar refractivity (Wildman–Crippen MR) is 94.6 cm³/mol. The van der Waals surface area contributed by atoms with E-state index in [2.05, 4.69) is 15.5 Å². The van der Waals surface area contributed by atoms with Gasteiger partial charge in [0.1, 0.15) is 12.3 Å². The van der Waals surface area contributed by atoms with Crippen LogP contribution in [0.15, 0.2) is 49.9 Å². The van der Waals surface area contributed by atoms with Crippen molar-refractivity contribution in [1.29, 1.82) is 0 Å². The maximum atomic E-state index is 12.3. The zero-order chi connectivity index (χ0) is 18.7. The van der Waals surface area contributed by atoms with Gasteiger partial charge in [-0.2, -0.15) is 5.10 Å². The van der Waals surface area contributed by atoms with Gasteiger partial charge in [0.25, 0.3) is 11.5 Å². The molecule has 0 aromatic carbocycles. The van der Waals surface area contributed by atoms with E-state index < -0.39 is 17.2 Å². The van der Waals surface area contributed by atoms with Crippen molar-refractivity contribution in [3.05, 3.63) is 57.4 Å². The lowest BCUT2D eigenvalue weighted by atomic mass is 10.4. The highest BCUT2D eigenvalue weighted by Crippen LogP contribution is 2.05. The first kappa shape index (κ1) is 17.1. The molecular weight excluding hydrogens is 340 g/mol. The van der Waals surface area contributed by atoms with Gasteiger partial charge in [0, 0.05) is 20.3 Å². The minimum atomic E-state index is -0.515. The van der Waals surface area contributed by atoms with E-state index in [4.69, 9.17) is 4.42 Å². The van der Waals surface area contributed by atoms with E-state index >= 15 is 0 Å². The lowest BCUT2D eigenvalue weighted by molar-refractivity contribution is -0.121. The van der Waals surface area contributed by atoms with Crippen molar-refractivity contribution in [1.82, 2.24) is 24.1 Å². The molecule has 26 heavy (non-hydrogen) atoms. The summed E-state index contributed by atoms with van der Waals surface area (Å²) in [5.74, 6) is 0.219. The number of aromatic nitrogens is 4. The van der Waals surface area contributed by atoms with Crippen LogP contribution in [0.3, 0.4) is 0 Å². The van der Waals surface area contributed by atoms with Gasteiger partial charge in [0.2, 0.25) is 0 Å². The standard InChI is InChI=1S/C16H16N6O4/c1-20-14-13(15(24)21(2)16(20)25)22(10-17-14)9-12(23)19-18-7-3-5-11-6-4-8-26-11/h3-8,10H,9H2,1-2H3,(H,19,23)/b5-3+,18-7-. The number of rotatable bonds is 5. The SMILES string of the molecule is Cn1c(=O)c2c(ncn2CC(=O)N/N=C\C=C\c2ccco2)n(C)c1=O. The van der Waals surface area contributed by atoms with Crippen LogP contribution < -0.4 is 16.7 Å². The molecule has 0 radical (unpaired) electrons. The maximum absolute atomic E-state index is 12.3. The van der Waals surface area contributed by atoms with Gasteiger partial charge in [-0.05, 0) is 24.3 Å². The molecule has 0 aliphatic heterocycles. The Bertz CT molecular complexity index is 1110. The molecule has 0 fully saturated rings. The summed E-state index contributed by atoms with van der Waals surface area (Å²) in [6.45, 7) is -0.164. The molecule has 0 atom stereocenters. The summed E-state index contributed by atoms with van der Waals surface area (Å²) in [5, 5.41) is 3.78. The molecule has 0 saturated heterocycles. The Balaban J connectivity index is 1.72. The average Bonchev–Trinajstić information content (AvgIpc) is 3.28. The van der Waals surface area contributed by atoms with E-state index in [0.717, 1.165) is 4.57 Å². The molecule has 0 bridgehead atoms. The predicted octanol–water partition coefficient (Wildman–Crippen LogP) is -0.158. The van der Waals surface area contributed by atoms with Gasteiger partial charge < -0.3 is 8.98 Å². The number of hydrogen-bond acceptors (Lipinski definition) is 6. The summed E-state index contributed by atoms with van der Waals surface area (Å²) in [7, 11) is 2.88. The lowest BCUT2D eigenvalue weighted by Gasteiger charge is -2.05. The van der Waals surface area contributed by atoms with E-state index in [-0.39, 0.29) is 17.7 Å². The number of allylic oxidation sites excluding steroid dienone is 1. The second kappa shape index (κ2) is 7.05. The van der Waals surface area contributed by atoms with Gasteiger partial charge in [0.15, 0.2) is 11.2 Å². The molecule has 0 aliphatic carbocycles. The summed E-state index contributed by atoms with van der Waals surface area (Å²) >= 11 is 0. The number of amides is 1. The van der Waals surface area contributed by atoms with Gasteiger partial charge in [-0.1, -0.05) is 0 Å². The third kappa shape index (κ3) is 3.24. The normalized spacial score (nSPS) is 11.8. The molecule has 10 nitrogen and oxygen atoms in total. The Hall–Kier alpha value is -3.69. The fourth-order valence-electron chi connectivity index (χ4n) is 2.38. The molecule has 0 unspecified atom stereocenters. The molecule has 3 aromatic heterocycles. The van der Waals surface area contributed by atoms with E-state index in [1.807, 2.05) is 0 Å². The maximum Gasteiger partial charge on any atom is 0.332 e. The molecule has 134 valence electrons. The number of hydrazone groups is 1. The molecule has 3 aromatic rings. The summed E-state index contributed by atoms with van der Waals surface area (Å²) in [6.07, 6.45) is 7.58. The van der Waals surface area contributed by atoms with Crippen molar-refractivity contribution >= 4 is 29.4 Å². The van der Waals surface area contributed by atoms with Crippen LogP contribution in [-0.2, 0) is 25.4 Å². The highest BCUT2D eigenvalue weighted by atomic mass is 16.3. The van der Waals surface area contributed by atoms with E-state index in [1.54, 1.807) is 30.5 Å². The third-order valence-corrected chi connectivity index (χ3v) is 3.68. The highest BCUT2D eigenvalue weighted by molar-refractivity contribution is 5.82. The fourth-order valence-corrected chi connectivity index (χ4v) is 2.38. The average molecular weight is 356 g/mol. The number of fused-ring (bicyclic) bond motifs is 1. The number of carbonyl (C=O) groups excluding carboxylic acids is 1. The Morgan fingerprint density at radius 1 is 1.35 bits per heavy atom. The minimum absolute atomic E-state index is 0.164. The molecule has 10 heteroatoms. The van der Waals surface area contributed by atoms with E-state index in [0.29, 0.717) is 5.76 Å². The van der Waals surface area contributed by atoms with Crippen LogP contribution >= 0.6 is 0 Å². The van der Waals surface area contributed by atoms with Crippen molar-refractivity contribution in [2.45, 2.75) is 6.54 Å². The van der Waals surface area contributed by atoms with Crippen LogP contribution in [-0.4, -0.2) is 30.8 Å². The van der Waals surface area contributed by atoms with Gasteiger partial charge in [-0.3, -0.25) is 18.7 Å². The summed E-state index contributed by atoms with van der Waals surface area (Å²) in [6, 6.07) is 3.54. The number of aryl methyl sites for hydroxylation is 1. The van der Waals surface area contributed by atoms with Gasteiger partial charge in [-0.15, -0.1) is 0 Å². The molecule has 3 heterocycles. The molecule has 1 N–H and O–H groups in total. The van der Waals surface area contributed by atoms with Crippen molar-refractivity contribution in [3.63, 3.8) is 0 Å². The quantitative estimate of drug-likeness (QED) is 0.504. The number of carbonyl (C=O) groups is 1. The Labute approximate surface area is 146 Å². The fraction of sp³-hybridized carbons (Fsp3) is 0.188. The van der Waals surface area contributed by atoms with Crippen molar-refractivity contribution in [2.24, 2.45) is 19.2 Å². The monoisotopic (exact) mass is 356 g/mol. The first-order valence-corrected chi connectivity index (χ1v) is 7.62. The van der Waals surface area contributed by atoms with Gasteiger partial charge in [-0.25, -0.2) is 15.2 Å². The largest absolute Gasteiger partial charge is 0.465 e. The van der Waals surface area contributed by atoms with Crippen molar-refractivity contribution in [3.8, 4) is 0 Å². The highest BCUT2D eigenvalue weighted by Gasteiger charge is 2.15. The Kier molecular flexibility index (Phi) is 4.65. The lowest BCUT2D eigenvalue weighted by Crippen LogP contribution is -2.38. The summed E-state index contributed by atoms with van der Waals surface area (Å²) < 4.78 is 8.71. The molecule has 3 rings (SSSR count). The second-order valence-electron chi connectivity index (χ2n) is 5.44. The van der Waals surface area contributed by atoms with Crippen LogP contribution in [0.5, 0.6) is 0 Å². The van der Waals surface area contributed by atoms with Gasteiger partial charge >= 0.3 is 5.69 Å². The number of hydrogen-bond donors (Lipinski definition) is 1. The smallest absolute Gasteiger partial charge is 0.332 e. The van der Waals surface area contributed by atoms with Crippen LogP contribution in [0.1, 0.15) is 5.76 Å². The summed E-state index contributed by atoms with van der Waals surface area (Å²) in [4.78, 5) is 40.2. The minimum Gasteiger partial charge on any atom is -0.465 e. The van der Waals surface area contributed by atoms with Crippen molar-refractivity contribution in [2.75, 3.05) is 0 Å².